The summed E-state index contributed by atoms with van der Waals surface area (Å²) in [5.41, 5.74) is 5.13. The zero-order valence-electron chi connectivity index (χ0n) is 18.5. The van der Waals surface area contributed by atoms with Crippen molar-refractivity contribution in [2.75, 3.05) is 26.2 Å². The van der Waals surface area contributed by atoms with Crippen LogP contribution in [-0.4, -0.2) is 42.9 Å². The molecule has 0 radical (unpaired) electrons. The topological polar surface area (TPSA) is 32.3 Å². The maximum atomic E-state index is 13.5. The molecule has 3 nitrogen and oxygen atoms in total. The number of Topliss-reactive ketones (excluding diaryl/α,β-unsaturated/α-hetero) is 1. The molecule has 1 unspecified atom stereocenters. The van der Waals surface area contributed by atoms with E-state index in [1.165, 1.54) is 34.4 Å². The summed E-state index contributed by atoms with van der Waals surface area (Å²) in [5.74, 6) is 0.201. The molecule has 2 aliphatic rings. The van der Waals surface area contributed by atoms with Gasteiger partial charge in [0.2, 0.25) is 0 Å². The van der Waals surface area contributed by atoms with Gasteiger partial charge in [0.05, 0.1) is 6.04 Å². The number of likely N-dealkylation sites (tertiary alicyclic amines) is 1. The highest BCUT2D eigenvalue weighted by atomic mass is 32.1. The Morgan fingerprint density at radius 1 is 1.19 bits per heavy atom. The van der Waals surface area contributed by atoms with Gasteiger partial charge in [-0.3, -0.25) is 4.79 Å². The van der Waals surface area contributed by atoms with Gasteiger partial charge in [-0.05, 0) is 92.4 Å². The highest BCUT2D eigenvalue weighted by Crippen LogP contribution is 2.35. The predicted molar refractivity (Wildman–Crippen MR) is 127 cm³/mol. The second-order valence-corrected chi connectivity index (χ2v) is 9.80. The molecule has 3 heterocycles. The third-order valence-corrected chi connectivity index (χ3v) is 7.59. The number of benzene rings is 1. The molecule has 5 heteroatoms. The van der Waals surface area contributed by atoms with Gasteiger partial charge in [0.25, 0.3) is 0 Å². The van der Waals surface area contributed by atoms with E-state index >= 15 is 0 Å². The minimum atomic E-state index is -0.191. The Kier molecular flexibility index (Phi) is 7.70. The van der Waals surface area contributed by atoms with Crippen LogP contribution in [0.1, 0.15) is 60.9 Å². The van der Waals surface area contributed by atoms with Crippen molar-refractivity contribution in [1.29, 1.82) is 0 Å². The van der Waals surface area contributed by atoms with Crippen LogP contribution in [0.2, 0.25) is 0 Å². The van der Waals surface area contributed by atoms with Crippen molar-refractivity contribution >= 4 is 22.7 Å². The molecule has 2 saturated heterocycles. The van der Waals surface area contributed by atoms with Crippen LogP contribution in [0.15, 0.2) is 41.3 Å². The van der Waals surface area contributed by atoms with E-state index in [2.05, 4.69) is 28.6 Å². The number of nitrogens with one attached hydrogen (secondary N) is 1. The second-order valence-electron chi connectivity index (χ2n) is 8.89. The summed E-state index contributed by atoms with van der Waals surface area (Å²) in [4.78, 5) is 16.2. The SMILES string of the molecule is Cc1csc(C(=C2CCN(CCCC(=O)C3CCCCN3)CC2)c2ccc(F)cc2)c1. The standard InChI is InChI=1S/C26H33FN2OS/c1-19-17-25(31-18-19)26(20-7-9-22(27)10-8-20)21-11-15-29(16-12-21)14-4-6-24(30)23-5-2-3-13-28-23/h7-10,17-18,23,28H,2-6,11-16H2,1H3. The molecule has 2 fully saturated rings. The summed E-state index contributed by atoms with van der Waals surface area (Å²) in [6.45, 7) is 6.16. The molecule has 1 aromatic heterocycles. The maximum absolute atomic E-state index is 13.5. The molecule has 31 heavy (non-hydrogen) atoms. The Bertz CT molecular complexity index is 902. The fourth-order valence-electron chi connectivity index (χ4n) is 4.77. The lowest BCUT2D eigenvalue weighted by molar-refractivity contribution is -0.121. The lowest BCUT2D eigenvalue weighted by Crippen LogP contribution is -2.40. The van der Waals surface area contributed by atoms with Crippen LogP contribution in [0.4, 0.5) is 4.39 Å². The molecule has 0 saturated carbocycles. The van der Waals surface area contributed by atoms with Gasteiger partial charge in [-0.25, -0.2) is 4.39 Å². The van der Waals surface area contributed by atoms with Crippen LogP contribution >= 0.6 is 11.3 Å². The number of ketones is 1. The van der Waals surface area contributed by atoms with E-state index in [9.17, 15) is 9.18 Å². The Morgan fingerprint density at radius 2 is 1.97 bits per heavy atom. The number of halogens is 1. The lowest BCUT2D eigenvalue weighted by atomic mass is 9.91. The van der Waals surface area contributed by atoms with E-state index in [-0.39, 0.29) is 11.9 Å². The van der Waals surface area contributed by atoms with Crippen molar-refractivity contribution in [2.24, 2.45) is 0 Å². The van der Waals surface area contributed by atoms with Gasteiger partial charge in [-0.1, -0.05) is 24.1 Å². The average molecular weight is 441 g/mol. The summed E-state index contributed by atoms with van der Waals surface area (Å²) in [5, 5.41) is 5.56. The number of aryl methyl sites for hydroxylation is 1. The normalized spacial score (nSPS) is 20.1. The molecular weight excluding hydrogens is 407 g/mol. The molecule has 0 bridgehead atoms. The first-order valence-corrected chi connectivity index (χ1v) is 12.5. The molecular formula is C26H33FN2OS. The fourth-order valence-corrected chi connectivity index (χ4v) is 5.79. The number of carbonyl (C=O) groups excluding carboxylic acids is 1. The summed E-state index contributed by atoms with van der Waals surface area (Å²) >= 11 is 1.77. The van der Waals surface area contributed by atoms with Crippen LogP contribution in [0.25, 0.3) is 5.57 Å². The van der Waals surface area contributed by atoms with Crippen molar-refractivity contribution in [1.82, 2.24) is 10.2 Å². The maximum Gasteiger partial charge on any atom is 0.149 e. The first kappa shape index (κ1) is 22.4. The fraction of sp³-hybridized carbons (Fsp3) is 0.500. The van der Waals surface area contributed by atoms with Crippen LogP contribution in [0.3, 0.4) is 0 Å². The van der Waals surface area contributed by atoms with Gasteiger partial charge in [0, 0.05) is 24.4 Å². The molecule has 1 aromatic carbocycles. The number of hydrogen-bond acceptors (Lipinski definition) is 4. The summed E-state index contributed by atoms with van der Waals surface area (Å²) in [6.07, 6.45) is 7.06. The second kappa shape index (κ2) is 10.7. The third kappa shape index (κ3) is 5.91. The minimum absolute atomic E-state index is 0.0946. The average Bonchev–Trinajstić information content (AvgIpc) is 3.22. The molecule has 1 N–H and O–H groups in total. The van der Waals surface area contributed by atoms with Crippen molar-refractivity contribution in [3.63, 3.8) is 0 Å². The number of piperidine rings is 2. The van der Waals surface area contributed by atoms with Gasteiger partial charge in [0.15, 0.2) is 0 Å². The summed E-state index contributed by atoms with van der Waals surface area (Å²) < 4.78 is 13.5. The molecule has 166 valence electrons. The van der Waals surface area contributed by atoms with E-state index < -0.39 is 0 Å². The third-order valence-electron chi connectivity index (χ3n) is 6.52. The minimum Gasteiger partial charge on any atom is -0.307 e. The lowest BCUT2D eigenvalue weighted by Gasteiger charge is -2.30. The number of rotatable bonds is 7. The van der Waals surface area contributed by atoms with E-state index in [4.69, 9.17) is 0 Å². The van der Waals surface area contributed by atoms with Crippen LogP contribution in [0, 0.1) is 12.7 Å². The number of carbonyl (C=O) groups is 1. The molecule has 4 rings (SSSR count). The number of thiophene rings is 1. The van der Waals surface area contributed by atoms with Crippen LogP contribution < -0.4 is 5.32 Å². The summed E-state index contributed by atoms with van der Waals surface area (Å²) in [6, 6.07) is 9.27. The van der Waals surface area contributed by atoms with E-state index in [1.54, 1.807) is 23.5 Å². The zero-order valence-corrected chi connectivity index (χ0v) is 19.3. The van der Waals surface area contributed by atoms with Gasteiger partial charge in [0.1, 0.15) is 11.6 Å². The van der Waals surface area contributed by atoms with Gasteiger partial charge in [-0.15, -0.1) is 11.3 Å². The highest BCUT2D eigenvalue weighted by Gasteiger charge is 2.22. The monoisotopic (exact) mass is 440 g/mol. The Morgan fingerprint density at radius 3 is 2.61 bits per heavy atom. The first-order chi connectivity index (χ1) is 15.1. The molecule has 1 atom stereocenters. The molecule has 0 spiro atoms. The molecule has 0 aliphatic carbocycles. The highest BCUT2D eigenvalue weighted by molar-refractivity contribution is 7.11. The first-order valence-electron chi connectivity index (χ1n) is 11.6. The van der Waals surface area contributed by atoms with Crippen LogP contribution in [-0.2, 0) is 4.79 Å². The van der Waals surface area contributed by atoms with Gasteiger partial charge < -0.3 is 10.2 Å². The zero-order chi connectivity index (χ0) is 21.6. The van der Waals surface area contributed by atoms with E-state index in [1.807, 2.05) is 12.1 Å². The summed E-state index contributed by atoms with van der Waals surface area (Å²) in [7, 11) is 0. The quantitative estimate of drug-likeness (QED) is 0.610. The Hall–Kier alpha value is -1.82. The molecule has 2 aromatic rings. The predicted octanol–water partition coefficient (Wildman–Crippen LogP) is 5.58. The van der Waals surface area contributed by atoms with E-state index in [0.717, 1.165) is 57.4 Å². The Balaban J connectivity index is 1.36. The molecule has 2 aliphatic heterocycles. The number of hydrogen-bond donors (Lipinski definition) is 1. The van der Waals surface area contributed by atoms with Crippen molar-refractivity contribution in [3.8, 4) is 0 Å². The number of nitrogens with zero attached hydrogens (tertiary/aromatic N) is 1. The van der Waals surface area contributed by atoms with Crippen LogP contribution in [0.5, 0.6) is 0 Å². The smallest absolute Gasteiger partial charge is 0.149 e. The van der Waals surface area contributed by atoms with Gasteiger partial charge in [-0.2, -0.15) is 0 Å². The van der Waals surface area contributed by atoms with Crippen molar-refractivity contribution in [3.05, 3.63) is 63.1 Å². The van der Waals surface area contributed by atoms with Crippen molar-refractivity contribution in [2.45, 2.75) is 57.9 Å². The van der Waals surface area contributed by atoms with Crippen molar-refractivity contribution < 1.29 is 9.18 Å². The Labute approximate surface area is 189 Å². The van der Waals surface area contributed by atoms with E-state index in [0.29, 0.717) is 12.2 Å². The molecule has 0 amide bonds. The largest absolute Gasteiger partial charge is 0.307 e. The van der Waals surface area contributed by atoms with Gasteiger partial charge >= 0.3 is 0 Å².